The van der Waals surface area contributed by atoms with Gasteiger partial charge in [0.15, 0.2) is 0 Å². The Morgan fingerprint density at radius 2 is 2.25 bits per heavy atom. The third-order valence-corrected chi connectivity index (χ3v) is 2.38. The Labute approximate surface area is 95.0 Å². The number of hydrogen-bond donors (Lipinski definition) is 1. The van der Waals surface area contributed by atoms with E-state index in [9.17, 15) is 9.18 Å². The van der Waals surface area contributed by atoms with Gasteiger partial charge < -0.3 is 10.6 Å². The summed E-state index contributed by atoms with van der Waals surface area (Å²) in [4.78, 5) is 13.5. The van der Waals surface area contributed by atoms with Crippen LogP contribution in [0, 0.1) is 5.82 Å². The van der Waals surface area contributed by atoms with E-state index in [0.717, 1.165) is 0 Å². The summed E-state index contributed by atoms with van der Waals surface area (Å²) in [5.74, 6) is -0.328. The van der Waals surface area contributed by atoms with E-state index in [2.05, 4.69) is 0 Å². The molecule has 0 saturated heterocycles. The van der Waals surface area contributed by atoms with E-state index in [4.69, 9.17) is 5.73 Å². The molecule has 1 aromatic rings. The van der Waals surface area contributed by atoms with Gasteiger partial charge >= 0.3 is 0 Å². The van der Waals surface area contributed by atoms with Crippen molar-refractivity contribution in [3.8, 4) is 0 Å². The van der Waals surface area contributed by atoms with E-state index in [-0.39, 0.29) is 18.1 Å². The summed E-state index contributed by atoms with van der Waals surface area (Å²) >= 11 is 0. The molecule has 0 saturated carbocycles. The van der Waals surface area contributed by atoms with E-state index < -0.39 is 0 Å². The van der Waals surface area contributed by atoms with Crippen molar-refractivity contribution in [1.82, 2.24) is 4.90 Å². The normalized spacial score (nSPS) is 10.2. The highest BCUT2D eigenvalue weighted by molar-refractivity contribution is 5.78. The lowest BCUT2D eigenvalue weighted by Gasteiger charge is -2.19. The van der Waals surface area contributed by atoms with E-state index in [1.54, 1.807) is 17.0 Å². The molecule has 2 N–H and O–H groups in total. The van der Waals surface area contributed by atoms with Gasteiger partial charge in [0.1, 0.15) is 5.82 Å². The van der Waals surface area contributed by atoms with Crippen LogP contribution in [0.3, 0.4) is 0 Å². The zero-order chi connectivity index (χ0) is 12.0. The summed E-state index contributed by atoms with van der Waals surface area (Å²) < 4.78 is 12.9. The monoisotopic (exact) mass is 224 g/mol. The molecule has 1 amide bonds. The van der Waals surface area contributed by atoms with Gasteiger partial charge in [0, 0.05) is 19.6 Å². The molecule has 0 atom stereocenters. The van der Waals surface area contributed by atoms with Crippen LogP contribution in [0.4, 0.5) is 4.39 Å². The van der Waals surface area contributed by atoms with Crippen LogP contribution < -0.4 is 5.73 Å². The smallest absolute Gasteiger partial charge is 0.227 e. The number of halogens is 1. The van der Waals surface area contributed by atoms with Crippen LogP contribution in [0.1, 0.15) is 12.5 Å². The largest absolute Gasteiger partial charge is 0.341 e. The Morgan fingerprint density at radius 3 is 2.81 bits per heavy atom. The third kappa shape index (κ3) is 3.62. The van der Waals surface area contributed by atoms with Crippen molar-refractivity contribution >= 4 is 5.91 Å². The van der Waals surface area contributed by atoms with E-state index >= 15 is 0 Å². The van der Waals surface area contributed by atoms with Crippen molar-refractivity contribution < 1.29 is 9.18 Å². The Bertz CT molecular complexity index is 355. The number of nitrogens with zero attached hydrogens (tertiary/aromatic N) is 1. The molecule has 0 spiro atoms. The summed E-state index contributed by atoms with van der Waals surface area (Å²) in [5, 5.41) is 0. The number of carbonyl (C=O) groups is 1. The standard InChI is InChI=1S/C12H17FN2O/c1-2-15(7-6-14)12(16)9-10-4-3-5-11(13)8-10/h3-5,8H,2,6-7,9,14H2,1H3. The van der Waals surface area contributed by atoms with Gasteiger partial charge in [-0.1, -0.05) is 12.1 Å². The zero-order valence-electron chi connectivity index (χ0n) is 9.45. The van der Waals surface area contributed by atoms with Gasteiger partial charge in [0.2, 0.25) is 5.91 Å². The number of hydrogen-bond acceptors (Lipinski definition) is 2. The SMILES string of the molecule is CCN(CCN)C(=O)Cc1cccc(F)c1. The molecule has 0 aliphatic rings. The number of nitrogens with two attached hydrogens (primary N) is 1. The fourth-order valence-electron chi connectivity index (χ4n) is 1.55. The summed E-state index contributed by atoms with van der Waals surface area (Å²) in [5.41, 5.74) is 6.10. The van der Waals surface area contributed by atoms with E-state index in [1.807, 2.05) is 6.92 Å². The fourth-order valence-corrected chi connectivity index (χ4v) is 1.55. The van der Waals surface area contributed by atoms with Crippen molar-refractivity contribution in [2.24, 2.45) is 5.73 Å². The maximum atomic E-state index is 12.9. The number of amides is 1. The van der Waals surface area contributed by atoms with Gasteiger partial charge in [0.05, 0.1) is 6.42 Å². The predicted octanol–water partition coefficient (Wildman–Crippen LogP) is 1.18. The van der Waals surface area contributed by atoms with Crippen molar-refractivity contribution in [3.05, 3.63) is 35.6 Å². The molecule has 0 aliphatic carbocycles. The van der Waals surface area contributed by atoms with Crippen molar-refractivity contribution in [2.75, 3.05) is 19.6 Å². The molecule has 1 aromatic carbocycles. The van der Waals surface area contributed by atoms with Crippen molar-refractivity contribution in [1.29, 1.82) is 0 Å². The second-order valence-corrected chi connectivity index (χ2v) is 3.57. The van der Waals surface area contributed by atoms with Crippen LogP contribution in [0.15, 0.2) is 24.3 Å². The highest BCUT2D eigenvalue weighted by atomic mass is 19.1. The maximum Gasteiger partial charge on any atom is 0.227 e. The van der Waals surface area contributed by atoms with Gasteiger partial charge in [-0.15, -0.1) is 0 Å². The molecule has 0 unspecified atom stereocenters. The minimum atomic E-state index is -0.313. The minimum Gasteiger partial charge on any atom is -0.341 e. The van der Waals surface area contributed by atoms with Crippen molar-refractivity contribution in [2.45, 2.75) is 13.3 Å². The number of carbonyl (C=O) groups excluding carboxylic acids is 1. The first kappa shape index (κ1) is 12.6. The number of likely N-dealkylation sites (N-methyl/N-ethyl adjacent to an activating group) is 1. The molecule has 88 valence electrons. The molecule has 1 rings (SSSR count). The van der Waals surface area contributed by atoms with E-state index in [1.165, 1.54) is 12.1 Å². The average Bonchev–Trinajstić information content (AvgIpc) is 2.25. The van der Waals surface area contributed by atoms with Crippen LogP contribution in [0.5, 0.6) is 0 Å². The lowest BCUT2D eigenvalue weighted by atomic mass is 10.1. The second kappa shape index (κ2) is 6.23. The summed E-state index contributed by atoms with van der Waals surface area (Å²) in [6, 6.07) is 6.11. The minimum absolute atomic E-state index is 0.0152. The van der Waals surface area contributed by atoms with Crippen molar-refractivity contribution in [3.63, 3.8) is 0 Å². The second-order valence-electron chi connectivity index (χ2n) is 3.57. The molecule has 0 radical (unpaired) electrons. The molecule has 0 fully saturated rings. The lowest BCUT2D eigenvalue weighted by molar-refractivity contribution is -0.130. The molecule has 0 aromatic heterocycles. The molecule has 16 heavy (non-hydrogen) atoms. The molecular weight excluding hydrogens is 207 g/mol. The Hall–Kier alpha value is -1.42. The van der Waals surface area contributed by atoms with Gasteiger partial charge in [-0.05, 0) is 24.6 Å². The summed E-state index contributed by atoms with van der Waals surface area (Å²) in [6.07, 6.45) is 0.228. The first-order chi connectivity index (χ1) is 7.67. The van der Waals surface area contributed by atoms with Gasteiger partial charge in [0.25, 0.3) is 0 Å². The lowest BCUT2D eigenvalue weighted by Crippen LogP contribution is -2.36. The molecule has 0 bridgehead atoms. The number of benzene rings is 1. The van der Waals surface area contributed by atoms with Crippen LogP contribution >= 0.6 is 0 Å². The van der Waals surface area contributed by atoms with Gasteiger partial charge in [-0.2, -0.15) is 0 Å². The fraction of sp³-hybridized carbons (Fsp3) is 0.417. The van der Waals surface area contributed by atoms with E-state index in [0.29, 0.717) is 25.2 Å². The molecule has 4 heteroatoms. The quantitative estimate of drug-likeness (QED) is 0.816. The molecular formula is C12H17FN2O. The summed E-state index contributed by atoms with van der Waals surface area (Å²) in [7, 11) is 0. The molecule has 0 heterocycles. The highest BCUT2D eigenvalue weighted by Crippen LogP contribution is 2.06. The summed E-state index contributed by atoms with van der Waals surface area (Å²) in [6.45, 7) is 3.53. The van der Waals surface area contributed by atoms with Gasteiger partial charge in [-0.25, -0.2) is 4.39 Å². The average molecular weight is 224 g/mol. The topological polar surface area (TPSA) is 46.3 Å². The highest BCUT2D eigenvalue weighted by Gasteiger charge is 2.11. The van der Waals surface area contributed by atoms with Crippen LogP contribution in [-0.4, -0.2) is 30.4 Å². The van der Waals surface area contributed by atoms with Crippen LogP contribution in [0.25, 0.3) is 0 Å². The van der Waals surface area contributed by atoms with Gasteiger partial charge in [-0.3, -0.25) is 4.79 Å². The molecule has 3 nitrogen and oxygen atoms in total. The first-order valence-corrected chi connectivity index (χ1v) is 5.39. The molecule has 0 aliphatic heterocycles. The maximum absolute atomic E-state index is 12.9. The number of rotatable bonds is 5. The Kier molecular flexibility index (Phi) is 4.92. The predicted molar refractivity (Wildman–Crippen MR) is 61.4 cm³/mol. The first-order valence-electron chi connectivity index (χ1n) is 5.39. The Morgan fingerprint density at radius 1 is 1.50 bits per heavy atom. The zero-order valence-corrected chi connectivity index (χ0v) is 9.45. The van der Waals surface area contributed by atoms with Crippen LogP contribution in [0.2, 0.25) is 0 Å². The Balaban J connectivity index is 2.62. The van der Waals surface area contributed by atoms with Crippen LogP contribution in [-0.2, 0) is 11.2 Å². The third-order valence-electron chi connectivity index (χ3n) is 2.38.